The molecular formula is C30H41N3O3. The molecule has 2 aromatic rings. The Hall–Kier alpha value is -2.88. The summed E-state index contributed by atoms with van der Waals surface area (Å²) in [6, 6.07) is 14.7. The van der Waals surface area contributed by atoms with Crippen molar-refractivity contribution >= 4 is 28.4 Å². The van der Waals surface area contributed by atoms with Gasteiger partial charge in [0.15, 0.2) is 0 Å². The fourth-order valence-corrected chi connectivity index (χ4v) is 4.45. The SMILES string of the molecule is COCCC(C)(C)OCCC(C)(C)NC(=O)/C(C#N)=C/c1ccc2cc(N3CCCCC3)ccc2c1. The van der Waals surface area contributed by atoms with Gasteiger partial charge in [-0.1, -0.05) is 18.2 Å². The highest BCUT2D eigenvalue weighted by molar-refractivity contribution is 6.02. The molecule has 1 aliphatic rings. The van der Waals surface area contributed by atoms with Crippen LogP contribution in [0.3, 0.4) is 0 Å². The van der Waals surface area contributed by atoms with Crippen molar-refractivity contribution in [2.24, 2.45) is 0 Å². The standard InChI is InChI=1S/C30H41N3O3/c1-29(2,13-18-36-30(3,4)14-17-35-5)32-28(34)26(22-31)20-23-9-10-25-21-27(12-11-24(25)19-23)33-15-7-6-8-16-33/h9-12,19-21H,6-8,13-18H2,1-5H3,(H,32,34)/b26-20+. The van der Waals surface area contributed by atoms with Crippen LogP contribution in [0.15, 0.2) is 42.0 Å². The van der Waals surface area contributed by atoms with Crippen molar-refractivity contribution in [3.05, 3.63) is 47.5 Å². The maximum atomic E-state index is 12.9. The van der Waals surface area contributed by atoms with Crippen LogP contribution >= 0.6 is 0 Å². The summed E-state index contributed by atoms with van der Waals surface area (Å²) in [6.45, 7) is 11.3. The lowest BCUT2D eigenvalue weighted by atomic mass is 9.99. The molecule has 1 N–H and O–H groups in total. The molecule has 1 aliphatic heterocycles. The van der Waals surface area contributed by atoms with E-state index in [1.807, 2.05) is 39.8 Å². The summed E-state index contributed by atoms with van der Waals surface area (Å²) in [5, 5.41) is 14.9. The molecule has 0 atom stereocenters. The maximum Gasteiger partial charge on any atom is 0.262 e. The van der Waals surface area contributed by atoms with Crippen LogP contribution in [0.4, 0.5) is 5.69 Å². The predicted octanol–water partition coefficient (Wildman–Crippen LogP) is 5.85. The number of anilines is 1. The lowest BCUT2D eigenvalue weighted by Gasteiger charge is -2.30. The van der Waals surface area contributed by atoms with E-state index in [4.69, 9.17) is 9.47 Å². The van der Waals surface area contributed by atoms with Crippen LogP contribution in [0.2, 0.25) is 0 Å². The highest BCUT2D eigenvalue weighted by atomic mass is 16.5. The molecule has 6 heteroatoms. The van der Waals surface area contributed by atoms with Crippen molar-refractivity contribution in [1.29, 1.82) is 5.26 Å². The summed E-state index contributed by atoms with van der Waals surface area (Å²) in [5.74, 6) is -0.373. The highest BCUT2D eigenvalue weighted by Gasteiger charge is 2.25. The number of hydrogen-bond donors (Lipinski definition) is 1. The van der Waals surface area contributed by atoms with Crippen LogP contribution < -0.4 is 10.2 Å². The first-order chi connectivity index (χ1) is 17.1. The quantitative estimate of drug-likeness (QED) is 0.315. The van der Waals surface area contributed by atoms with Crippen LogP contribution in [-0.2, 0) is 14.3 Å². The van der Waals surface area contributed by atoms with Gasteiger partial charge in [-0.2, -0.15) is 5.26 Å². The average Bonchev–Trinajstić information content (AvgIpc) is 2.85. The summed E-state index contributed by atoms with van der Waals surface area (Å²) in [4.78, 5) is 15.4. The van der Waals surface area contributed by atoms with E-state index in [-0.39, 0.29) is 17.1 Å². The molecule has 0 spiro atoms. The molecule has 0 unspecified atom stereocenters. The second-order valence-corrected chi connectivity index (χ2v) is 10.9. The Labute approximate surface area is 216 Å². The molecule has 194 valence electrons. The number of amides is 1. The molecule has 3 rings (SSSR count). The van der Waals surface area contributed by atoms with Crippen molar-refractivity contribution in [2.75, 3.05) is 38.3 Å². The molecular weight excluding hydrogens is 450 g/mol. The van der Waals surface area contributed by atoms with E-state index < -0.39 is 5.54 Å². The summed E-state index contributed by atoms with van der Waals surface area (Å²) >= 11 is 0. The molecule has 6 nitrogen and oxygen atoms in total. The van der Waals surface area contributed by atoms with Gasteiger partial charge in [-0.25, -0.2) is 0 Å². The number of carbonyl (C=O) groups is 1. The van der Waals surface area contributed by atoms with Gasteiger partial charge in [0, 0.05) is 44.6 Å². The molecule has 1 heterocycles. The van der Waals surface area contributed by atoms with Crippen LogP contribution in [0.5, 0.6) is 0 Å². The second-order valence-electron chi connectivity index (χ2n) is 10.9. The third-order valence-electron chi connectivity index (χ3n) is 6.83. The van der Waals surface area contributed by atoms with Crippen molar-refractivity contribution in [1.82, 2.24) is 5.32 Å². The number of nitrogens with zero attached hydrogens (tertiary/aromatic N) is 2. The molecule has 36 heavy (non-hydrogen) atoms. The number of benzene rings is 2. The van der Waals surface area contributed by atoms with Crippen LogP contribution in [0.1, 0.15) is 65.4 Å². The lowest BCUT2D eigenvalue weighted by molar-refractivity contribution is -0.119. The Kier molecular flexibility index (Phi) is 9.53. The number of piperidine rings is 1. The van der Waals surface area contributed by atoms with E-state index in [0.29, 0.717) is 19.6 Å². The van der Waals surface area contributed by atoms with Crippen LogP contribution in [0, 0.1) is 11.3 Å². The zero-order valence-electron chi connectivity index (χ0n) is 22.5. The van der Waals surface area contributed by atoms with Crippen LogP contribution in [-0.4, -0.2) is 50.5 Å². The van der Waals surface area contributed by atoms with Gasteiger partial charge in [-0.3, -0.25) is 4.79 Å². The zero-order valence-corrected chi connectivity index (χ0v) is 22.5. The van der Waals surface area contributed by atoms with E-state index in [0.717, 1.165) is 35.8 Å². The van der Waals surface area contributed by atoms with Gasteiger partial charge in [0.2, 0.25) is 0 Å². The minimum atomic E-state index is -0.515. The Morgan fingerprint density at radius 2 is 1.72 bits per heavy atom. The molecule has 2 aromatic carbocycles. The van der Waals surface area contributed by atoms with Gasteiger partial charge < -0.3 is 19.7 Å². The monoisotopic (exact) mass is 491 g/mol. The van der Waals surface area contributed by atoms with Gasteiger partial charge in [-0.15, -0.1) is 0 Å². The number of nitriles is 1. The molecule has 0 radical (unpaired) electrons. The average molecular weight is 492 g/mol. The first kappa shape index (κ1) is 27.7. The summed E-state index contributed by atoms with van der Waals surface area (Å²) in [5.41, 5.74) is 1.38. The Morgan fingerprint density at radius 1 is 1.03 bits per heavy atom. The van der Waals surface area contributed by atoms with Crippen molar-refractivity contribution < 1.29 is 14.3 Å². The minimum Gasteiger partial charge on any atom is -0.385 e. The minimum absolute atomic E-state index is 0.0914. The summed E-state index contributed by atoms with van der Waals surface area (Å²) < 4.78 is 11.1. The number of nitrogens with one attached hydrogen (secondary N) is 1. The largest absolute Gasteiger partial charge is 0.385 e. The van der Waals surface area contributed by atoms with Gasteiger partial charge in [0.05, 0.1) is 5.60 Å². The Balaban J connectivity index is 1.64. The van der Waals surface area contributed by atoms with E-state index in [9.17, 15) is 10.1 Å². The van der Waals surface area contributed by atoms with E-state index in [1.54, 1.807) is 13.2 Å². The number of carbonyl (C=O) groups excluding carboxylic acids is 1. The molecule has 0 aromatic heterocycles. The van der Waals surface area contributed by atoms with E-state index >= 15 is 0 Å². The van der Waals surface area contributed by atoms with Crippen LogP contribution in [0.25, 0.3) is 16.8 Å². The van der Waals surface area contributed by atoms with Crippen molar-refractivity contribution in [3.8, 4) is 6.07 Å². The fraction of sp³-hybridized carbons (Fsp3) is 0.533. The maximum absolute atomic E-state index is 12.9. The smallest absolute Gasteiger partial charge is 0.262 e. The van der Waals surface area contributed by atoms with E-state index in [2.05, 4.69) is 40.6 Å². The Morgan fingerprint density at radius 3 is 2.42 bits per heavy atom. The number of hydrogen-bond acceptors (Lipinski definition) is 5. The summed E-state index contributed by atoms with van der Waals surface area (Å²) in [6.07, 6.45) is 6.89. The third-order valence-corrected chi connectivity index (χ3v) is 6.83. The van der Waals surface area contributed by atoms with Gasteiger partial charge >= 0.3 is 0 Å². The molecule has 1 fully saturated rings. The first-order valence-corrected chi connectivity index (χ1v) is 13.0. The predicted molar refractivity (Wildman–Crippen MR) is 147 cm³/mol. The Bertz CT molecular complexity index is 1110. The molecule has 1 amide bonds. The number of rotatable bonds is 11. The van der Waals surface area contributed by atoms with Gasteiger partial charge in [-0.05, 0) is 100 Å². The van der Waals surface area contributed by atoms with Gasteiger partial charge in [0.25, 0.3) is 5.91 Å². The summed E-state index contributed by atoms with van der Waals surface area (Å²) in [7, 11) is 1.68. The van der Waals surface area contributed by atoms with Crippen molar-refractivity contribution in [3.63, 3.8) is 0 Å². The molecule has 1 saturated heterocycles. The molecule has 0 aliphatic carbocycles. The molecule has 0 bridgehead atoms. The highest BCUT2D eigenvalue weighted by Crippen LogP contribution is 2.26. The zero-order chi connectivity index (χ0) is 26.2. The lowest BCUT2D eigenvalue weighted by Crippen LogP contribution is -2.45. The second kappa shape index (κ2) is 12.4. The van der Waals surface area contributed by atoms with Gasteiger partial charge in [0.1, 0.15) is 11.6 Å². The number of fused-ring (bicyclic) bond motifs is 1. The normalized spacial score (nSPS) is 15.1. The third kappa shape index (κ3) is 8.08. The van der Waals surface area contributed by atoms with Crippen molar-refractivity contribution in [2.45, 2.75) is 70.9 Å². The number of ether oxygens (including phenoxy) is 2. The fourth-order valence-electron chi connectivity index (χ4n) is 4.45. The number of methoxy groups -OCH3 is 1. The molecule has 0 saturated carbocycles. The first-order valence-electron chi connectivity index (χ1n) is 13.0. The topological polar surface area (TPSA) is 74.6 Å². The van der Waals surface area contributed by atoms with E-state index in [1.165, 1.54) is 24.9 Å².